The Morgan fingerprint density at radius 2 is 1.86 bits per heavy atom. The monoisotopic (exact) mass is 322 g/mol. The van der Waals surface area contributed by atoms with E-state index in [9.17, 15) is 17.6 Å². The van der Waals surface area contributed by atoms with Gasteiger partial charge in [-0.25, -0.2) is 17.5 Å². The standard InChI is InChI=1S/C15H15FN2O3S/c1-11-5-4-6-12(9-11)22(20,21)17-10-15(19)18-14-8-3-2-7-13(14)16/h2-9,17H,10H2,1H3,(H,18,19). The predicted molar refractivity (Wildman–Crippen MR) is 81.4 cm³/mol. The van der Waals surface area contributed by atoms with Crippen molar-refractivity contribution in [1.82, 2.24) is 4.72 Å². The number of halogens is 1. The number of aryl methyl sites for hydroxylation is 1. The summed E-state index contributed by atoms with van der Waals surface area (Å²) in [5, 5.41) is 2.30. The summed E-state index contributed by atoms with van der Waals surface area (Å²) in [6, 6.07) is 12.0. The molecule has 0 aliphatic heterocycles. The third kappa shape index (κ3) is 4.12. The van der Waals surface area contributed by atoms with Crippen molar-refractivity contribution in [2.24, 2.45) is 0 Å². The molecule has 1 amide bonds. The number of sulfonamides is 1. The van der Waals surface area contributed by atoms with Crippen LogP contribution in [-0.2, 0) is 14.8 Å². The third-order valence-corrected chi connectivity index (χ3v) is 4.27. The Kier molecular flexibility index (Phi) is 4.89. The zero-order chi connectivity index (χ0) is 16.2. The molecule has 0 spiro atoms. The molecule has 2 aromatic carbocycles. The second kappa shape index (κ2) is 6.67. The summed E-state index contributed by atoms with van der Waals surface area (Å²) in [7, 11) is -3.78. The van der Waals surface area contributed by atoms with E-state index in [-0.39, 0.29) is 10.6 Å². The SMILES string of the molecule is Cc1cccc(S(=O)(=O)NCC(=O)Nc2ccccc2F)c1. The van der Waals surface area contributed by atoms with E-state index in [0.29, 0.717) is 0 Å². The lowest BCUT2D eigenvalue weighted by Crippen LogP contribution is -2.33. The number of benzene rings is 2. The number of hydrogen-bond donors (Lipinski definition) is 2. The maximum Gasteiger partial charge on any atom is 0.241 e. The minimum absolute atomic E-state index is 0.00209. The van der Waals surface area contributed by atoms with Crippen LogP contribution < -0.4 is 10.0 Å². The lowest BCUT2D eigenvalue weighted by Gasteiger charge is -2.09. The van der Waals surface area contributed by atoms with Crippen molar-refractivity contribution >= 4 is 21.6 Å². The van der Waals surface area contributed by atoms with Gasteiger partial charge in [-0.15, -0.1) is 0 Å². The van der Waals surface area contributed by atoms with E-state index in [2.05, 4.69) is 10.0 Å². The fourth-order valence-electron chi connectivity index (χ4n) is 1.78. The number of anilines is 1. The number of amides is 1. The topological polar surface area (TPSA) is 75.3 Å². The molecular weight excluding hydrogens is 307 g/mol. The van der Waals surface area contributed by atoms with Crippen molar-refractivity contribution in [3.8, 4) is 0 Å². The van der Waals surface area contributed by atoms with Crippen LogP contribution in [0.3, 0.4) is 0 Å². The van der Waals surface area contributed by atoms with Gasteiger partial charge in [-0.05, 0) is 36.8 Å². The fraction of sp³-hybridized carbons (Fsp3) is 0.133. The van der Waals surface area contributed by atoms with Gasteiger partial charge in [0.05, 0.1) is 17.1 Å². The average molecular weight is 322 g/mol. The molecular formula is C15H15FN2O3S. The molecule has 0 aliphatic carbocycles. The molecule has 0 fully saturated rings. The minimum atomic E-state index is -3.78. The molecule has 5 nitrogen and oxygen atoms in total. The van der Waals surface area contributed by atoms with E-state index in [1.54, 1.807) is 25.1 Å². The van der Waals surface area contributed by atoms with Crippen molar-refractivity contribution in [2.45, 2.75) is 11.8 Å². The van der Waals surface area contributed by atoms with Gasteiger partial charge in [0.1, 0.15) is 5.82 Å². The first-order valence-corrected chi connectivity index (χ1v) is 7.97. The predicted octanol–water partition coefficient (Wildman–Crippen LogP) is 2.05. The van der Waals surface area contributed by atoms with Gasteiger partial charge in [0.2, 0.25) is 15.9 Å². The average Bonchev–Trinajstić information content (AvgIpc) is 2.48. The molecule has 0 aliphatic rings. The van der Waals surface area contributed by atoms with Crippen LogP contribution in [0.4, 0.5) is 10.1 Å². The van der Waals surface area contributed by atoms with Gasteiger partial charge in [0.15, 0.2) is 0 Å². The first-order valence-electron chi connectivity index (χ1n) is 6.49. The van der Waals surface area contributed by atoms with Crippen LogP contribution in [0.1, 0.15) is 5.56 Å². The number of carbonyl (C=O) groups excluding carboxylic acids is 1. The molecule has 116 valence electrons. The molecule has 2 aromatic rings. The van der Waals surface area contributed by atoms with Gasteiger partial charge in [-0.1, -0.05) is 24.3 Å². The van der Waals surface area contributed by atoms with Crippen LogP contribution in [0, 0.1) is 12.7 Å². The highest BCUT2D eigenvalue weighted by Crippen LogP contribution is 2.12. The normalized spacial score (nSPS) is 11.2. The second-order valence-corrected chi connectivity index (χ2v) is 6.44. The van der Waals surface area contributed by atoms with Gasteiger partial charge in [0.25, 0.3) is 0 Å². The van der Waals surface area contributed by atoms with Crippen molar-refractivity contribution in [1.29, 1.82) is 0 Å². The molecule has 0 unspecified atom stereocenters. The van der Waals surface area contributed by atoms with Gasteiger partial charge in [-0.3, -0.25) is 4.79 Å². The first-order chi connectivity index (χ1) is 10.4. The lowest BCUT2D eigenvalue weighted by molar-refractivity contribution is -0.115. The summed E-state index contributed by atoms with van der Waals surface area (Å²) in [6.45, 7) is 1.29. The smallest absolute Gasteiger partial charge is 0.241 e. The molecule has 0 atom stereocenters. The van der Waals surface area contributed by atoms with Crippen molar-refractivity contribution < 1.29 is 17.6 Å². The van der Waals surface area contributed by atoms with Gasteiger partial charge >= 0.3 is 0 Å². The summed E-state index contributed by atoms with van der Waals surface area (Å²) in [5.74, 6) is -1.24. The summed E-state index contributed by atoms with van der Waals surface area (Å²) in [4.78, 5) is 11.8. The Morgan fingerprint density at radius 3 is 2.55 bits per heavy atom. The third-order valence-electron chi connectivity index (χ3n) is 2.87. The van der Waals surface area contributed by atoms with Crippen molar-refractivity contribution in [3.05, 3.63) is 59.9 Å². The van der Waals surface area contributed by atoms with E-state index < -0.39 is 28.3 Å². The molecule has 0 bridgehead atoms. The lowest BCUT2D eigenvalue weighted by atomic mass is 10.2. The number of para-hydroxylation sites is 1. The molecule has 0 saturated heterocycles. The molecule has 0 saturated carbocycles. The molecule has 2 rings (SSSR count). The van der Waals surface area contributed by atoms with Crippen LogP contribution in [0.5, 0.6) is 0 Å². The van der Waals surface area contributed by atoms with E-state index in [1.165, 1.54) is 30.3 Å². The van der Waals surface area contributed by atoms with Crippen molar-refractivity contribution in [2.75, 3.05) is 11.9 Å². The highest BCUT2D eigenvalue weighted by Gasteiger charge is 2.16. The Morgan fingerprint density at radius 1 is 1.14 bits per heavy atom. The molecule has 0 radical (unpaired) electrons. The van der Waals surface area contributed by atoms with Crippen LogP contribution in [0.2, 0.25) is 0 Å². The number of hydrogen-bond acceptors (Lipinski definition) is 3. The zero-order valence-corrected chi connectivity index (χ0v) is 12.7. The number of rotatable bonds is 5. The molecule has 0 aromatic heterocycles. The van der Waals surface area contributed by atoms with Crippen LogP contribution in [-0.4, -0.2) is 20.9 Å². The number of nitrogens with one attached hydrogen (secondary N) is 2. The molecule has 22 heavy (non-hydrogen) atoms. The largest absolute Gasteiger partial charge is 0.322 e. The first kappa shape index (κ1) is 16.1. The van der Waals surface area contributed by atoms with E-state index in [0.717, 1.165) is 5.56 Å². The Labute approximate surface area is 128 Å². The Balaban J connectivity index is 2.00. The van der Waals surface area contributed by atoms with Crippen LogP contribution in [0.15, 0.2) is 53.4 Å². The molecule has 0 heterocycles. The van der Waals surface area contributed by atoms with E-state index in [4.69, 9.17) is 0 Å². The summed E-state index contributed by atoms with van der Waals surface area (Å²) in [5.41, 5.74) is 0.793. The molecule has 7 heteroatoms. The van der Waals surface area contributed by atoms with Crippen LogP contribution >= 0.6 is 0 Å². The van der Waals surface area contributed by atoms with E-state index in [1.807, 2.05) is 0 Å². The highest BCUT2D eigenvalue weighted by atomic mass is 32.2. The van der Waals surface area contributed by atoms with Crippen molar-refractivity contribution in [3.63, 3.8) is 0 Å². The highest BCUT2D eigenvalue weighted by molar-refractivity contribution is 7.89. The van der Waals surface area contributed by atoms with Gasteiger partial charge in [-0.2, -0.15) is 0 Å². The second-order valence-electron chi connectivity index (χ2n) is 4.67. The summed E-state index contributed by atoms with van der Waals surface area (Å²) in [6.07, 6.45) is 0. The van der Waals surface area contributed by atoms with E-state index >= 15 is 0 Å². The van der Waals surface area contributed by atoms with Gasteiger partial charge < -0.3 is 5.32 Å². The zero-order valence-electron chi connectivity index (χ0n) is 11.8. The van der Waals surface area contributed by atoms with Crippen LogP contribution in [0.25, 0.3) is 0 Å². The maximum atomic E-state index is 13.4. The minimum Gasteiger partial charge on any atom is -0.322 e. The van der Waals surface area contributed by atoms with Gasteiger partial charge in [0, 0.05) is 0 Å². The Hall–Kier alpha value is -2.25. The molecule has 2 N–H and O–H groups in total. The number of carbonyl (C=O) groups is 1. The quantitative estimate of drug-likeness (QED) is 0.884. The fourth-order valence-corrected chi connectivity index (χ4v) is 2.87. The summed E-state index contributed by atoms with van der Waals surface area (Å²) < 4.78 is 39.6. The summed E-state index contributed by atoms with van der Waals surface area (Å²) >= 11 is 0. The maximum absolute atomic E-state index is 13.4. The Bertz CT molecular complexity index is 791.